The Balaban J connectivity index is 1.44. The number of nitrogens with one attached hydrogen (secondary N) is 1. The number of carbonyl (C=O) groups excluding carboxylic acids is 1. The van der Waals surface area contributed by atoms with Crippen LogP contribution in [0.3, 0.4) is 0 Å². The number of thiazole rings is 1. The number of anilines is 1. The van der Waals surface area contributed by atoms with E-state index in [0.29, 0.717) is 15.3 Å². The van der Waals surface area contributed by atoms with Crippen LogP contribution in [0.4, 0.5) is 5.13 Å². The number of amides is 1. The van der Waals surface area contributed by atoms with Gasteiger partial charge in [0.15, 0.2) is 5.13 Å². The largest absolute Gasteiger partial charge is 0.301 e. The summed E-state index contributed by atoms with van der Waals surface area (Å²) in [5.74, 6) is -0.0327. The van der Waals surface area contributed by atoms with Gasteiger partial charge in [0.05, 0.1) is 31.4 Å². The van der Waals surface area contributed by atoms with Crippen LogP contribution in [-0.2, 0) is 14.8 Å². The number of sulfonamides is 1. The van der Waals surface area contributed by atoms with Gasteiger partial charge in [-0.25, -0.2) is 23.5 Å². The molecule has 2 aromatic heterocycles. The van der Waals surface area contributed by atoms with Gasteiger partial charge in [-0.3, -0.25) is 4.79 Å². The number of nitrogens with two attached hydrogens (primary N) is 1. The summed E-state index contributed by atoms with van der Waals surface area (Å²) in [6.45, 7) is 0. The molecule has 3 N–H and O–H groups in total. The van der Waals surface area contributed by atoms with E-state index in [1.807, 2.05) is 36.4 Å². The summed E-state index contributed by atoms with van der Waals surface area (Å²) in [6.07, 6.45) is 0. The zero-order valence-electron chi connectivity index (χ0n) is 14.3. The van der Waals surface area contributed by atoms with Gasteiger partial charge in [0.2, 0.25) is 15.9 Å². The number of benzene rings is 2. The number of hydrogen-bond donors (Lipinski definition) is 2. The highest BCUT2D eigenvalue weighted by atomic mass is 32.2. The molecule has 28 heavy (non-hydrogen) atoms. The van der Waals surface area contributed by atoms with Gasteiger partial charge < -0.3 is 5.32 Å². The quantitative estimate of drug-likeness (QED) is 0.470. The molecule has 2 aromatic carbocycles. The molecule has 7 nitrogen and oxygen atoms in total. The molecule has 0 bridgehead atoms. The van der Waals surface area contributed by atoms with Crippen molar-refractivity contribution in [3.63, 3.8) is 0 Å². The van der Waals surface area contributed by atoms with Crippen LogP contribution in [0, 0.1) is 0 Å². The molecule has 4 rings (SSSR count). The summed E-state index contributed by atoms with van der Waals surface area (Å²) in [4.78, 5) is 21.1. The van der Waals surface area contributed by atoms with E-state index in [2.05, 4.69) is 15.3 Å². The van der Waals surface area contributed by atoms with E-state index in [0.717, 1.165) is 15.9 Å². The van der Waals surface area contributed by atoms with Crippen molar-refractivity contribution in [2.75, 3.05) is 11.1 Å². The van der Waals surface area contributed by atoms with E-state index in [1.54, 1.807) is 6.07 Å². The van der Waals surface area contributed by atoms with Crippen LogP contribution in [0.1, 0.15) is 0 Å². The monoisotopic (exact) mass is 430 g/mol. The SMILES string of the molecule is NS(=O)(=O)c1ccc2nc(NC(=O)CSc3ccc4ccccc4n3)sc2c1. The fraction of sp³-hybridized carbons (Fsp3) is 0.0556. The molecule has 10 heteroatoms. The van der Waals surface area contributed by atoms with Crippen molar-refractivity contribution < 1.29 is 13.2 Å². The van der Waals surface area contributed by atoms with Gasteiger partial charge in [0.25, 0.3) is 0 Å². The first-order valence-electron chi connectivity index (χ1n) is 8.10. The average Bonchev–Trinajstić information content (AvgIpc) is 3.07. The number of fused-ring (bicyclic) bond motifs is 2. The number of hydrogen-bond acceptors (Lipinski definition) is 7. The van der Waals surface area contributed by atoms with Crippen LogP contribution >= 0.6 is 23.1 Å². The van der Waals surface area contributed by atoms with E-state index in [-0.39, 0.29) is 16.6 Å². The van der Waals surface area contributed by atoms with Gasteiger partial charge in [-0.05, 0) is 30.3 Å². The molecule has 0 saturated heterocycles. The van der Waals surface area contributed by atoms with Crippen molar-refractivity contribution >= 4 is 65.3 Å². The number of para-hydroxylation sites is 1. The molecular formula is C18H14N4O3S3. The van der Waals surface area contributed by atoms with E-state index in [1.165, 1.54) is 35.2 Å². The molecule has 0 aliphatic rings. The number of thioether (sulfide) groups is 1. The molecule has 142 valence electrons. The zero-order chi connectivity index (χ0) is 19.7. The Hall–Kier alpha value is -2.53. The average molecular weight is 431 g/mol. The van der Waals surface area contributed by atoms with Gasteiger partial charge >= 0.3 is 0 Å². The number of primary sulfonamides is 1. The highest BCUT2D eigenvalue weighted by Gasteiger charge is 2.13. The minimum Gasteiger partial charge on any atom is -0.301 e. The van der Waals surface area contributed by atoms with Gasteiger partial charge in [0.1, 0.15) is 0 Å². The molecule has 0 unspecified atom stereocenters. The molecule has 4 aromatic rings. The summed E-state index contributed by atoms with van der Waals surface area (Å²) in [6, 6.07) is 16.0. The Morgan fingerprint density at radius 2 is 1.89 bits per heavy atom. The van der Waals surface area contributed by atoms with Crippen molar-refractivity contribution in [2.45, 2.75) is 9.92 Å². The maximum Gasteiger partial charge on any atom is 0.238 e. The summed E-state index contributed by atoms with van der Waals surface area (Å²) >= 11 is 2.52. The predicted octanol–water partition coefficient (Wildman–Crippen LogP) is 3.22. The molecule has 1 amide bonds. The normalized spacial score (nSPS) is 11.8. The Morgan fingerprint density at radius 3 is 2.71 bits per heavy atom. The summed E-state index contributed by atoms with van der Waals surface area (Å²) in [5, 5.41) is 10.1. The van der Waals surface area contributed by atoms with Gasteiger partial charge in [0, 0.05) is 5.39 Å². The highest BCUT2D eigenvalue weighted by Crippen LogP contribution is 2.28. The van der Waals surface area contributed by atoms with Gasteiger partial charge in [-0.15, -0.1) is 0 Å². The zero-order valence-corrected chi connectivity index (χ0v) is 16.8. The molecular weight excluding hydrogens is 416 g/mol. The highest BCUT2D eigenvalue weighted by molar-refractivity contribution is 7.99. The van der Waals surface area contributed by atoms with Crippen LogP contribution in [0.5, 0.6) is 0 Å². The lowest BCUT2D eigenvalue weighted by atomic mass is 10.2. The molecule has 0 atom stereocenters. The lowest BCUT2D eigenvalue weighted by Gasteiger charge is -2.03. The minimum atomic E-state index is -3.78. The summed E-state index contributed by atoms with van der Waals surface area (Å²) < 4.78 is 23.5. The van der Waals surface area contributed by atoms with Crippen LogP contribution in [-0.4, -0.2) is 30.0 Å². The fourth-order valence-electron chi connectivity index (χ4n) is 2.56. The minimum absolute atomic E-state index is 0.0134. The van der Waals surface area contributed by atoms with Crippen molar-refractivity contribution in [1.29, 1.82) is 0 Å². The lowest BCUT2D eigenvalue weighted by molar-refractivity contribution is -0.113. The van der Waals surface area contributed by atoms with Crippen molar-refractivity contribution in [3.05, 3.63) is 54.6 Å². The number of carbonyl (C=O) groups is 1. The smallest absolute Gasteiger partial charge is 0.238 e. The number of aromatic nitrogens is 2. The first-order chi connectivity index (χ1) is 13.4. The van der Waals surface area contributed by atoms with Crippen molar-refractivity contribution in [2.24, 2.45) is 5.14 Å². The van der Waals surface area contributed by atoms with Gasteiger partial charge in [-0.2, -0.15) is 0 Å². The summed E-state index contributed by atoms with van der Waals surface area (Å²) in [7, 11) is -3.78. The first kappa shape index (κ1) is 18.8. The van der Waals surface area contributed by atoms with Crippen LogP contribution in [0.15, 0.2) is 64.5 Å². The Kier molecular flexibility index (Phi) is 5.02. The van der Waals surface area contributed by atoms with E-state index in [9.17, 15) is 13.2 Å². The second-order valence-electron chi connectivity index (χ2n) is 5.87. The van der Waals surface area contributed by atoms with Crippen molar-refractivity contribution in [3.8, 4) is 0 Å². The topological polar surface area (TPSA) is 115 Å². The Labute approximate surface area is 169 Å². The third kappa shape index (κ3) is 4.14. The van der Waals surface area contributed by atoms with Crippen molar-refractivity contribution in [1.82, 2.24) is 9.97 Å². The third-order valence-electron chi connectivity index (χ3n) is 3.86. The second kappa shape index (κ2) is 7.47. The third-order valence-corrected chi connectivity index (χ3v) is 6.63. The predicted molar refractivity (Wildman–Crippen MR) is 112 cm³/mol. The number of pyridine rings is 1. The Bertz CT molecular complexity index is 1300. The number of nitrogens with zero attached hydrogens (tertiary/aromatic N) is 2. The Morgan fingerprint density at radius 1 is 1.07 bits per heavy atom. The van der Waals surface area contributed by atoms with Crippen LogP contribution in [0.25, 0.3) is 21.1 Å². The van der Waals surface area contributed by atoms with E-state index >= 15 is 0 Å². The molecule has 2 heterocycles. The molecule has 0 aliphatic heterocycles. The summed E-state index contributed by atoms with van der Waals surface area (Å²) in [5.41, 5.74) is 1.47. The number of rotatable bonds is 5. The van der Waals surface area contributed by atoms with E-state index in [4.69, 9.17) is 5.14 Å². The van der Waals surface area contributed by atoms with E-state index < -0.39 is 10.0 Å². The maximum atomic E-state index is 12.2. The fourth-order valence-corrected chi connectivity index (χ4v) is 4.77. The van der Waals surface area contributed by atoms with Crippen LogP contribution < -0.4 is 10.5 Å². The molecule has 0 aliphatic carbocycles. The molecule has 0 fully saturated rings. The second-order valence-corrected chi connectivity index (χ2v) is 9.46. The lowest BCUT2D eigenvalue weighted by Crippen LogP contribution is -2.13. The standard InChI is InChI=1S/C18H14N4O3S3/c19-28(24,25)12-6-7-14-15(9-12)27-18(21-14)22-16(23)10-26-17-8-5-11-3-1-2-4-13(11)20-17/h1-9H,10H2,(H2,19,24,25)(H,21,22,23). The van der Waals surface area contributed by atoms with Gasteiger partial charge in [-0.1, -0.05) is 47.4 Å². The first-order valence-corrected chi connectivity index (χ1v) is 11.5. The molecule has 0 radical (unpaired) electrons. The van der Waals surface area contributed by atoms with Crippen LogP contribution in [0.2, 0.25) is 0 Å². The maximum absolute atomic E-state index is 12.2. The molecule has 0 saturated carbocycles. The molecule has 0 spiro atoms.